The number of benzene rings is 1. The molecule has 2 aliphatic rings. The van der Waals surface area contributed by atoms with Crippen molar-refractivity contribution >= 4 is 5.71 Å². The van der Waals surface area contributed by atoms with Gasteiger partial charge in [-0.2, -0.15) is 0 Å². The molecule has 1 aromatic carbocycles. The third-order valence-electron chi connectivity index (χ3n) is 3.17. The minimum absolute atomic E-state index is 0.0715. The van der Waals surface area contributed by atoms with Gasteiger partial charge in [-0.15, -0.1) is 0 Å². The number of phenols is 2. The van der Waals surface area contributed by atoms with Crippen LogP contribution in [0.4, 0.5) is 0 Å². The van der Waals surface area contributed by atoms with Crippen molar-refractivity contribution in [3.63, 3.8) is 0 Å². The molecule has 5 N–H and O–H groups in total. The van der Waals surface area contributed by atoms with E-state index in [0.717, 1.165) is 0 Å². The van der Waals surface area contributed by atoms with Gasteiger partial charge in [0.15, 0.2) is 11.5 Å². The fraction of sp³-hybridized carbons (Fsp3) is 0.0714. The van der Waals surface area contributed by atoms with E-state index in [9.17, 15) is 25.5 Å². The number of phenolic OH excluding ortho intramolecular Hbond substituents is 2. The first-order valence-corrected chi connectivity index (χ1v) is 5.84. The lowest BCUT2D eigenvalue weighted by atomic mass is 10.00. The van der Waals surface area contributed by atoms with E-state index >= 15 is 0 Å². The van der Waals surface area contributed by atoms with Crippen LogP contribution in [0.2, 0.25) is 0 Å². The maximum atomic E-state index is 10.2. The molecule has 1 aromatic rings. The minimum Gasteiger partial charge on any atom is -0.512 e. The largest absolute Gasteiger partial charge is 0.512 e. The number of nitrogens with zero attached hydrogens (tertiary/aromatic N) is 1. The van der Waals surface area contributed by atoms with Crippen LogP contribution in [0.25, 0.3) is 0 Å². The van der Waals surface area contributed by atoms with E-state index in [1.807, 2.05) is 0 Å². The van der Waals surface area contributed by atoms with Crippen molar-refractivity contribution in [2.75, 3.05) is 0 Å². The summed E-state index contributed by atoms with van der Waals surface area (Å²) in [6.07, 6.45) is 1.25. The highest BCUT2D eigenvalue weighted by molar-refractivity contribution is 6.14. The summed E-state index contributed by atoms with van der Waals surface area (Å²) < 4.78 is 0. The van der Waals surface area contributed by atoms with Crippen molar-refractivity contribution in [1.29, 1.82) is 0 Å². The Labute approximate surface area is 113 Å². The van der Waals surface area contributed by atoms with E-state index in [1.165, 1.54) is 24.3 Å². The van der Waals surface area contributed by atoms with Crippen molar-refractivity contribution in [1.82, 2.24) is 0 Å². The van der Waals surface area contributed by atoms with Gasteiger partial charge in [-0.05, 0) is 18.2 Å². The Kier molecular flexibility index (Phi) is 2.47. The van der Waals surface area contributed by atoms with Gasteiger partial charge in [-0.3, -0.25) is 0 Å². The number of aliphatic hydroxyl groups is 3. The van der Waals surface area contributed by atoms with Gasteiger partial charge in [-0.1, -0.05) is 0 Å². The summed E-state index contributed by atoms with van der Waals surface area (Å²) in [4.78, 5) is 4.12. The number of fused-ring (bicyclic) bond motifs is 1. The first-order chi connectivity index (χ1) is 9.47. The molecule has 3 rings (SSSR count). The zero-order chi connectivity index (χ0) is 14.4. The lowest BCUT2D eigenvalue weighted by Crippen LogP contribution is -2.04. The molecule has 0 amide bonds. The van der Waals surface area contributed by atoms with E-state index in [0.29, 0.717) is 11.1 Å². The van der Waals surface area contributed by atoms with E-state index in [-0.39, 0.29) is 46.6 Å². The minimum atomic E-state index is -0.336. The van der Waals surface area contributed by atoms with Crippen molar-refractivity contribution < 1.29 is 25.5 Å². The van der Waals surface area contributed by atoms with Gasteiger partial charge in [-0.25, -0.2) is 4.99 Å². The number of aliphatic hydroxyl groups excluding tert-OH is 3. The first kappa shape index (κ1) is 12.2. The molecule has 0 spiro atoms. The molecule has 20 heavy (non-hydrogen) atoms. The van der Waals surface area contributed by atoms with Gasteiger partial charge < -0.3 is 25.5 Å². The molecule has 6 nitrogen and oxygen atoms in total. The average molecular weight is 273 g/mol. The summed E-state index contributed by atoms with van der Waals surface area (Å²) >= 11 is 0. The standard InChI is InChI=1S/C14H11NO5/c16-7-4-8-13(11(19)5-7)15-12(14(8)20)6-1-2-9(17)10(18)3-6/h1-3,5,16-20H,4H2. The van der Waals surface area contributed by atoms with E-state index in [1.54, 1.807) is 0 Å². The average Bonchev–Trinajstić information content (AvgIpc) is 2.71. The van der Waals surface area contributed by atoms with Crippen LogP contribution in [0.5, 0.6) is 11.5 Å². The second-order valence-corrected chi connectivity index (χ2v) is 4.54. The molecule has 1 aliphatic heterocycles. The topological polar surface area (TPSA) is 114 Å². The zero-order valence-electron chi connectivity index (χ0n) is 10.2. The van der Waals surface area contributed by atoms with E-state index < -0.39 is 0 Å². The fourth-order valence-electron chi connectivity index (χ4n) is 2.20. The van der Waals surface area contributed by atoms with Crippen LogP contribution < -0.4 is 0 Å². The molecule has 1 heterocycles. The normalized spacial score (nSPS) is 18.0. The number of allylic oxidation sites excluding steroid dienone is 4. The Hall–Kier alpha value is -2.89. The van der Waals surface area contributed by atoms with Crippen LogP contribution in [-0.2, 0) is 0 Å². The quantitative estimate of drug-likeness (QED) is 0.504. The second kappa shape index (κ2) is 4.06. The summed E-state index contributed by atoms with van der Waals surface area (Å²) in [5.74, 6) is -1.09. The summed E-state index contributed by atoms with van der Waals surface area (Å²) in [7, 11) is 0. The number of hydrogen-bond acceptors (Lipinski definition) is 6. The van der Waals surface area contributed by atoms with Gasteiger partial charge in [0.25, 0.3) is 0 Å². The van der Waals surface area contributed by atoms with Gasteiger partial charge in [0.2, 0.25) is 0 Å². The van der Waals surface area contributed by atoms with Crippen LogP contribution in [-0.4, -0.2) is 31.2 Å². The van der Waals surface area contributed by atoms with E-state index in [4.69, 9.17) is 0 Å². The molecule has 0 atom stereocenters. The predicted octanol–water partition coefficient (Wildman–Crippen LogP) is 2.33. The number of aromatic hydroxyl groups is 2. The molecule has 0 saturated heterocycles. The van der Waals surface area contributed by atoms with Crippen molar-refractivity contribution in [3.8, 4) is 11.5 Å². The lowest BCUT2D eigenvalue weighted by Gasteiger charge is -2.10. The third kappa shape index (κ3) is 1.70. The van der Waals surface area contributed by atoms with E-state index in [2.05, 4.69) is 4.99 Å². The van der Waals surface area contributed by atoms with Crippen LogP contribution in [0.3, 0.4) is 0 Å². The molecule has 0 radical (unpaired) electrons. The van der Waals surface area contributed by atoms with Crippen molar-refractivity contribution in [2.24, 2.45) is 4.99 Å². The van der Waals surface area contributed by atoms with Crippen molar-refractivity contribution in [3.05, 3.63) is 58.4 Å². The summed E-state index contributed by atoms with van der Waals surface area (Å²) in [5, 5.41) is 48.1. The highest BCUT2D eigenvalue weighted by Crippen LogP contribution is 2.37. The molecule has 1 aliphatic carbocycles. The first-order valence-electron chi connectivity index (χ1n) is 5.84. The number of rotatable bonds is 1. The fourth-order valence-corrected chi connectivity index (χ4v) is 2.20. The lowest BCUT2D eigenvalue weighted by molar-refractivity contribution is 0.366. The predicted molar refractivity (Wildman–Crippen MR) is 70.9 cm³/mol. The highest BCUT2D eigenvalue weighted by Gasteiger charge is 2.30. The molecular formula is C14H11NO5. The smallest absolute Gasteiger partial charge is 0.158 e. The molecule has 0 unspecified atom stereocenters. The molecule has 0 aromatic heterocycles. The Balaban J connectivity index is 2.12. The summed E-state index contributed by atoms with van der Waals surface area (Å²) in [6, 6.07) is 4.01. The molecule has 0 fully saturated rings. The summed E-state index contributed by atoms with van der Waals surface area (Å²) in [5.41, 5.74) is 1.08. The van der Waals surface area contributed by atoms with Crippen molar-refractivity contribution in [2.45, 2.75) is 6.42 Å². The highest BCUT2D eigenvalue weighted by atomic mass is 16.3. The van der Waals surface area contributed by atoms with Crippen LogP contribution in [0.15, 0.2) is 57.8 Å². The molecule has 6 heteroatoms. The monoisotopic (exact) mass is 273 g/mol. The van der Waals surface area contributed by atoms with Gasteiger partial charge in [0, 0.05) is 23.6 Å². The Morgan fingerprint density at radius 3 is 2.40 bits per heavy atom. The molecule has 102 valence electrons. The van der Waals surface area contributed by atoms with Gasteiger partial charge in [0.05, 0.1) is 0 Å². The molecule has 0 bridgehead atoms. The Morgan fingerprint density at radius 2 is 1.70 bits per heavy atom. The van der Waals surface area contributed by atoms with Crippen LogP contribution >= 0.6 is 0 Å². The third-order valence-corrected chi connectivity index (χ3v) is 3.17. The summed E-state index contributed by atoms with van der Waals surface area (Å²) in [6.45, 7) is 0. The Bertz CT molecular complexity index is 740. The number of aliphatic imine (C=N–C) groups is 1. The zero-order valence-corrected chi connectivity index (χ0v) is 10.2. The maximum Gasteiger partial charge on any atom is 0.158 e. The van der Waals surface area contributed by atoms with Crippen LogP contribution in [0, 0.1) is 0 Å². The second-order valence-electron chi connectivity index (χ2n) is 4.54. The molecular weight excluding hydrogens is 262 g/mol. The Morgan fingerprint density at radius 1 is 0.950 bits per heavy atom. The number of hydrogen-bond donors (Lipinski definition) is 5. The maximum absolute atomic E-state index is 10.2. The van der Waals surface area contributed by atoms with Gasteiger partial charge in [0.1, 0.15) is 28.7 Å². The SMILES string of the molecule is OC1=CC(O)=C2N=C(c3ccc(O)c(O)c3)C(O)=C2C1. The molecule has 0 saturated carbocycles. The van der Waals surface area contributed by atoms with Crippen LogP contribution in [0.1, 0.15) is 12.0 Å². The van der Waals surface area contributed by atoms with Gasteiger partial charge >= 0.3 is 0 Å².